The van der Waals surface area contributed by atoms with Gasteiger partial charge in [-0.15, -0.1) is 0 Å². The Bertz CT molecular complexity index is 984. The Morgan fingerprint density at radius 3 is 2.62 bits per heavy atom. The number of ether oxygens (including phenoxy) is 1. The van der Waals surface area contributed by atoms with E-state index in [1.807, 2.05) is 19.9 Å². The second-order valence-corrected chi connectivity index (χ2v) is 7.52. The summed E-state index contributed by atoms with van der Waals surface area (Å²) in [7, 11) is 0. The molecular weight excluding hydrogens is 375 g/mol. The molecule has 0 bridgehead atoms. The molecule has 4 rings (SSSR count). The SMILES string of the molecule is Cc1n[nH]c(C)c1NC(=O)C1(Cc2cc(-c3ccc(F)cc3)no2)CCOCC1. The first kappa shape index (κ1) is 19.3. The third-order valence-corrected chi connectivity index (χ3v) is 5.51. The molecular formula is C21H23FN4O3. The minimum atomic E-state index is -0.659. The van der Waals surface area contributed by atoms with Crippen molar-refractivity contribution in [3.63, 3.8) is 0 Å². The van der Waals surface area contributed by atoms with E-state index in [0.717, 1.165) is 17.0 Å². The minimum absolute atomic E-state index is 0.0758. The van der Waals surface area contributed by atoms with E-state index < -0.39 is 5.41 Å². The number of hydrogen-bond acceptors (Lipinski definition) is 5. The normalized spacial score (nSPS) is 16.0. The number of rotatable bonds is 5. The summed E-state index contributed by atoms with van der Waals surface area (Å²) in [5, 5.41) is 14.2. The van der Waals surface area contributed by atoms with Crippen LogP contribution in [0.3, 0.4) is 0 Å². The summed E-state index contributed by atoms with van der Waals surface area (Å²) in [6.45, 7) is 4.74. The lowest BCUT2D eigenvalue weighted by atomic mass is 9.75. The molecule has 0 aliphatic carbocycles. The predicted octanol–water partition coefficient (Wildman–Crippen LogP) is 3.80. The number of aromatic nitrogens is 3. The molecule has 0 atom stereocenters. The lowest BCUT2D eigenvalue weighted by Gasteiger charge is -2.35. The van der Waals surface area contributed by atoms with Gasteiger partial charge in [-0.1, -0.05) is 5.16 Å². The monoisotopic (exact) mass is 398 g/mol. The molecule has 2 aromatic heterocycles. The minimum Gasteiger partial charge on any atom is -0.381 e. The molecule has 1 saturated heterocycles. The average molecular weight is 398 g/mol. The van der Waals surface area contributed by atoms with Crippen LogP contribution in [0, 0.1) is 25.1 Å². The fourth-order valence-electron chi connectivity index (χ4n) is 3.71. The highest BCUT2D eigenvalue weighted by atomic mass is 19.1. The Kier molecular flexibility index (Phi) is 5.19. The molecule has 152 valence electrons. The summed E-state index contributed by atoms with van der Waals surface area (Å²) in [6.07, 6.45) is 1.58. The highest BCUT2D eigenvalue weighted by Crippen LogP contribution is 2.37. The molecule has 1 aliphatic heterocycles. The number of aromatic amines is 1. The van der Waals surface area contributed by atoms with Crippen molar-refractivity contribution in [2.45, 2.75) is 33.1 Å². The van der Waals surface area contributed by atoms with Crippen molar-refractivity contribution < 1.29 is 18.4 Å². The highest BCUT2D eigenvalue weighted by molar-refractivity contribution is 5.96. The third-order valence-electron chi connectivity index (χ3n) is 5.51. The maximum atomic E-state index is 13.3. The average Bonchev–Trinajstić information content (AvgIpc) is 3.31. The number of halogens is 1. The van der Waals surface area contributed by atoms with Gasteiger partial charge in [-0.3, -0.25) is 9.89 Å². The van der Waals surface area contributed by atoms with Crippen LogP contribution in [-0.4, -0.2) is 34.5 Å². The van der Waals surface area contributed by atoms with Gasteiger partial charge in [-0.25, -0.2) is 4.39 Å². The Morgan fingerprint density at radius 1 is 1.24 bits per heavy atom. The van der Waals surface area contributed by atoms with Gasteiger partial charge in [0.05, 0.1) is 22.5 Å². The van der Waals surface area contributed by atoms with Gasteiger partial charge in [0.25, 0.3) is 0 Å². The zero-order valence-corrected chi connectivity index (χ0v) is 16.4. The Morgan fingerprint density at radius 2 is 1.97 bits per heavy atom. The second-order valence-electron chi connectivity index (χ2n) is 7.52. The molecule has 0 spiro atoms. The van der Waals surface area contributed by atoms with Crippen molar-refractivity contribution >= 4 is 11.6 Å². The standard InChI is InChI=1S/C21H23FN4O3/c1-13-19(14(2)25-24-13)23-20(27)21(7-9-28-10-8-21)12-17-11-18(26-29-17)15-3-5-16(22)6-4-15/h3-6,11H,7-10,12H2,1-2H3,(H,23,27)(H,24,25). The van der Waals surface area contributed by atoms with Gasteiger partial charge < -0.3 is 14.6 Å². The van der Waals surface area contributed by atoms with Gasteiger partial charge in [0, 0.05) is 31.3 Å². The second kappa shape index (κ2) is 7.79. The molecule has 1 fully saturated rings. The van der Waals surface area contributed by atoms with E-state index in [-0.39, 0.29) is 11.7 Å². The Labute approximate surface area is 167 Å². The first-order valence-corrected chi connectivity index (χ1v) is 9.59. The number of H-pyrrole nitrogens is 1. The van der Waals surface area contributed by atoms with Crippen LogP contribution >= 0.6 is 0 Å². The van der Waals surface area contributed by atoms with Crippen LogP contribution in [0.4, 0.5) is 10.1 Å². The van der Waals surface area contributed by atoms with Gasteiger partial charge in [0.15, 0.2) is 0 Å². The van der Waals surface area contributed by atoms with Crippen LogP contribution in [-0.2, 0) is 16.0 Å². The number of anilines is 1. The molecule has 7 nitrogen and oxygen atoms in total. The number of nitrogens with zero attached hydrogens (tertiary/aromatic N) is 2. The van der Waals surface area contributed by atoms with Crippen LogP contribution in [0.1, 0.15) is 30.0 Å². The Hall–Kier alpha value is -3.00. The summed E-state index contributed by atoms with van der Waals surface area (Å²) in [4.78, 5) is 13.3. The molecule has 0 unspecified atom stereocenters. The number of aryl methyl sites for hydroxylation is 2. The van der Waals surface area contributed by atoms with E-state index in [9.17, 15) is 9.18 Å². The van der Waals surface area contributed by atoms with E-state index in [1.165, 1.54) is 12.1 Å². The van der Waals surface area contributed by atoms with E-state index >= 15 is 0 Å². The molecule has 0 saturated carbocycles. The van der Waals surface area contributed by atoms with Crippen LogP contribution in [0.2, 0.25) is 0 Å². The van der Waals surface area contributed by atoms with Crippen molar-refractivity contribution in [2.24, 2.45) is 5.41 Å². The fourth-order valence-corrected chi connectivity index (χ4v) is 3.71. The summed E-state index contributed by atoms with van der Waals surface area (Å²) in [5.41, 5.74) is 2.99. The van der Waals surface area contributed by atoms with Crippen molar-refractivity contribution in [3.8, 4) is 11.3 Å². The van der Waals surface area contributed by atoms with Gasteiger partial charge in [-0.2, -0.15) is 5.10 Å². The van der Waals surface area contributed by atoms with Crippen molar-refractivity contribution in [2.75, 3.05) is 18.5 Å². The van der Waals surface area contributed by atoms with Gasteiger partial charge in [0.1, 0.15) is 17.3 Å². The van der Waals surface area contributed by atoms with Crippen LogP contribution < -0.4 is 5.32 Å². The number of amides is 1. The molecule has 8 heteroatoms. The molecule has 0 radical (unpaired) electrons. The van der Waals surface area contributed by atoms with Gasteiger partial charge in [0.2, 0.25) is 5.91 Å². The first-order chi connectivity index (χ1) is 14.0. The van der Waals surface area contributed by atoms with Crippen LogP contribution in [0.5, 0.6) is 0 Å². The van der Waals surface area contributed by atoms with E-state index in [1.54, 1.807) is 12.1 Å². The third kappa shape index (κ3) is 3.93. The molecule has 1 amide bonds. The Balaban J connectivity index is 1.57. The zero-order chi connectivity index (χ0) is 20.4. The number of carbonyl (C=O) groups is 1. The molecule has 3 aromatic rings. The van der Waals surface area contributed by atoms with Gasteiger partial charge >= 0.3 is 0 Å². The van der Waals surface area contributed by atoms with Crippen molar-refractivity contribution in [3.05, 3.63) is 53.3 Å². The summed E-state index contributed by atoms with van der Waals surface area (Å²) in [5.74, 6) is 0.232. The fraction of sp³-hybridized carbons (Fsp3) is 0.381. The topological polar surface area (TPSA) is 93.0 Å². The smallest absolute Gasteiger partial charge is 0.231 e. The molecule has 1 aliphatic rings. The molecule has 1 aromatic carbocycles. The molecule has 2 N–H and O–H groups in total. The van der Waals surface area contributed by atoms with E-state index in [2.05, 4.69) is 20.7 Å². The quantitative estimate of drug-likeness (QED) is 0.682. The lowest BCUT2D eigenvalue weighted by molar-refractivity contribution is -0.131. The molecule has 29 heavy (non-hydrogen) atoms. The number of benzene rings is 1. The van der Waals surface area contributed by atoms with Gasteiger partial charge in [-0.05, 0) is 51.0 Å². The summed E-state index contributed by atoms with van der Waals surface area (Å²) < 4.78 is 24.2. The predicted molar refractivity (Wildman–Crippen MR) is 105 cm³/mol. The highest BCUT2D eigenvalue weighted by Gasteiger charge is 2.41. The first-order valence-electron chi connectivity index (χ1n) is 9.59. The summed E-state index contributed by atoms with van der Waals surface area (Å²) in [6, 6.07) is 7.88. The zero-order valence-electron chi connectivity index (χ0n) is 16.4. The number of hydrogen-bond donors (Lipinski definition) is 2. The summed E-state index contributed by atoms with van der Waals surface area (Å²) >= 11 is 0. The number of nitrogens with one attached hydrogen (secondary N) is 2. The van der Waals surface area contributed by atoms with E-state index in [0.29, 0.717) is 49.6 Å². The van der Waals surface area contributed by atoms with E-state index in [4.69, 9.17) is 9.26 Å². The maximum absolute atomic E-state index is 13.3. The largest absolute Gasteiger partial charge is 0.381 e. The van der Waals surface area contributed by atoms with Crippen molar-refractivity contribution in [1.82, 2.24) is 15.4 Å². The maximum Gasteiger partial charge on any atom is 0.231 e. The number of carbonyl (C=O) groups excluding carboxylic acids is 1. The molecule has 3 heterocycles. The van der Waals surface area contributed by atoms with Crippen LogP contribution in [0.15, 0.2) is 34.9 Å². The lowest BCUT2D eigenvalue weighted by Crippen LogP contribution is -2.42. The van der Waals surface area contributed by atoms with Crippen molar-refractivity contribution in [1.29, 1.82) is 0 Å². The van der Waals surface area contributed by atoms with Crippen LogP contribution in [0.25, 0.3) is 11.3 Å².